The summed E-state index contributed by atoms with van der Waals surface area (Å²) < 4.78 is 0. The molecule has 0 spiro atoms. The van der Waals surface area contributed by atoms with E-state index in [-0.39, 0.29) is 18.1 Å². The molecular weight excluding hydrogens is 360 g/mol. The molecule has 0 radical (unpaired) electrons. The maximum atomic E-state index is 12.5. The monoisotopic (exact) mass is 392 g/mol. The third-order valence-corrected chi connectivity index (χ3v) is 6.69. The number of hydrogen-bond acceptors (Lipinski definition) is 5. The van der Waals surface area contributed by atoms with E-state index in [4.69, 9.17) is 0 Å². The predicted molar refractivity (Wildman–Crippen MR) is 109 cm³/mol. The average Bonchev–Trinajstić information content (AvgIpc) is 3.18. The van der Waals surface area contributed by atoms with Crippen molar-refractivity contribution in [2.24, 2.45) is 0 Å². The van der Waals surface area contributed by atoms with Crippen LogP contribution in [0.5, 0.6) is 0 Å². The highest BCUT2D eigenvalue weighted by Gasteiger charge is 2.31. The Morgan fingerprint density at radius 2 is 1.81 bits per heavy atom. The molecule has 0 bridgehead atoms. The fourth-order valence-corrected chi connectivity index (χ4v) is 5.12. The Hall–Kier alpha value is -1.44. The molecule has 1 aromatic rings. The van der Waals surface area contributed by atoms with Crippen LogP contribution in [0.2, 0.25) is 0 Å². The van der Waals surface area contributed by atoms with E-state index >= 15 is 0 Å². The summed E-state index contributed by atoms with van der Waals surface area (Å²) in [5.74, 6) is -0.999. The molecule has 1 aliphatic carbocycles. The predicted octanol–water partition coefficient (Wildman–Crippen LogP) is 1.99. The molecule has 2 atom stereocenters. The van der Waals surface area contributed by atoms with Gasteiger partial charge in [-0.25, -0.2) is 0 Å². The van der Waals surface area contributed by atoms with Gasteiger partial charge in [-0.3, -0.25) is 14.5 Å². The van der Waals surface area contributed by atoms with Crippen LogP contribution in [0.1, 0.15) is 49.9 Å². The van der Waals surface area contributed by atoms with Crippen molar-refractivity contribution in [2.45, 2.75) is 57.2 Å². The molecule has 3 rings (SSSR count). The van der Waals surface area contributed by atoms with Crippen molar-refractivity contribution in [1.82, 2.24) is 20.4 Å². The van der Waals surface area contributed by atoms with Crippen LogP contribution in [0.3, 0.4) is 0 Å². The highest BCUT2D eigenvalue weighted by Crippen LogP contribution is 2.29. The van der Waals surface area contributed by atoms with Gasteiger partial charge in [0.05, 0.1) is 6.04 Å². The summed E-state index contributed by atoms with van der Waals surface area (Å²) in [6, 6.07) is 4.30. The normalized spacial score (nSPS) is 22.1. The van der Waals surface area contributed by atoms with Gasteiger partial charge in [0, 0.05) is 43.1 Å². The second-order valence-corrected chi connectivity index (χ2v) is 8.85. The van der Waals surface area contributed by atoms with Crippen LogP contribution in [-0.2, 0) is 9.59 Å². The Labute approximate surface area is 166 Å². The standard InChI is InChI=1S/C20H32N4O2S/c1-15(21-19(25)20(26)22-16-7-4-3-5-8-16)18(17-9-6-14-27-17)24-12-10-23(2)11-13-24/h6,9,14-16,18H,3-5,7-8,10-13H2,1-2H3,(H,21,25)(H,22,26). The first-order chi connectivity index (χ1) is 13.0. The maximum Gasteiger partial charge on any atom is 0.309 e. The van der Waals surface area contributed by atoms with Gasteiger partial charge in [0.2, 0.25) is 0 Å². The van der Waals surface area contributed by atoms with Crippen molar-refractivity contribution >= 4 is 23.2 Å². The number of amides is 2. The number of rotatable bonds is 5. The van der Waals surface area contributed by atoms with E-state index in [1.165, 1.54) is 11.3 Å². The minimum absolute atomic E-state index is 0.102. The zero-order valence-electron chi connectivity index (χ0n) is 16.4. The van der Waals surface area contributed by atoms with Crippen LogP contribution in [0.25, 0.3) is 0 Å². The molecule has 2 heterocycles. The summed E-state index contributed by atoms with van der Waals surface area (Å²) in [6.45, 7) is 5.98. The Morgan fingerprint density at radius 3 is 2.44 bits per heavy atom. The Balaban J connectivity index is 1.60. The third kappa shape index (κ3) is 5.53. The van der Waals surface area contributed by atoms with E-state index in [9.17, 15) is 9.59 Å². The zero-order chi connectivity index (χ0) is 19.2. The van der Waals surface area contributed by atoms with Crippen molar-refractivity contribution < 1.29 is 9.59 Å². The number of thiophene rings is 1. The van der Waals surface area contributed by atoms with Crippen molar-refractivity contribution in [3.05, 3.63) is 22.4 Å². The van der Waals surface area contributed by atoms with Gasteiger partial charge >= 0.3 is 11.8 Å². The SMILES string of the molecule is CC(NC(=O)C(=O)NC1CCCCC1)C(c1cccs1)N1CCN(C)CC1. The largest absolute Gasteiger partial charge is 0.345 e. The van der Waals surface area contributed by atoms with Gasteiger partial charge in [0.25, 0.3) is 0 Å². The van der Waals surface area contributed by atoms with Crippen molar-refractivity contribution in [3.63, 3.8) is 0 Å². The molecule has 150 valence electrons. The second kappa shape index (κ2) is 9.66. The molecule has 27 heavy (non-hydrogen) atoms. The lowest BCUT2D eigenvalue weighted by Gasteiger charge is -2.40. The Bertz CT molecular complexity index is 608. The second-order valence-electron chi connectivity index (χ2n) is 7.87. The molecule has 1 saturated carbocycles. The quantitative estimate of drug-likeness (QED) is 0.752. The number of likely N-dealkylation sites (N-methyl/N-ethyl adjacent to an activating group) is 1. The fourth-order valence-electron chi connectivity index (χ4n) is 4.15. The van der Waals surface area contributed by atoms with Gasteiger partial charge < -0.3 is 15.5 Å². The van der Waals surface area contributed by atoms with Crippen molar-refractivity contribution in [1.29, 1.82) is 0 Å². The summed E-state index contributed by atoms with van der Waals surface area (Å²) in [6.07, 6.45) is 5.45. The molecule has 2 fully saturated rings. The first-order valence-electron chi connectivity index (χ1n) is 10.1. The van der Waals surface area contributed by atoms with E-state index in [0.717, 1.165) is 51.9 Å². The lowest BCUT2D eigenvalue weighted by atomic mass is 9.95. The van der Waals surface area contributed by atoms with Crippen LogP contribution in [0.15, 0.2) is 17.5 Å². The van der Waals surface area contributed by atoms with Gasteiger partial charge in [0.15, 0.2) is 0 Å². The first kappa shape index (κ1) is 20.3. The van der Waals surface area contributed by atoms with E-state index < -0.39 is 11.8 Å². The Morgan fingerprint density at radius 1 is 1.11 bits per heavy atom. The average molecular weight is 393 g/mol. The summed E-state index contributed by atoms with van der Waals surface area (Å²) in [7, 11) is 2.14. The lowest BCUT2D eigenvalue weighted by molar-refractivity contribution is -0.140. The number of nitrogens with zero attached hydrogens (tertiary/aromatic N) is 2. The Kier molecular flexibility index (Phi) is 7.26. The van der Waals surface area contributed by atoms with Gasteiger partial charge in [-0.1, -0.05) is 25.3 Å². The molecule has 2 aliphatic rings. The zero-order valence-corrected chi connectivity index (χ0v) is 17.3. The van der Waals surface area contributed by atoms with Crippen molar-refractivity contribution in [3.8, 4) is 0 Å². The van der Waals surface area contributed by atoms with E-state index in [1.54, 1.807) is 11.3 Å². The topological polar surface area (TPSA) is 64.7 Å². The third-order valence-electron chi connectivity index (χ3n) is 5.74. The first-order valence-corrected chi connectivity index (χ1v) is 11.0. The van der Waals surface area contributed by atoms with Gasteiger partial charge in [-0.2, -0.15) is 0 Å². The highest BCUT2D eigenvalue weighted by molar-refractivity contribution is 7.10. The molecular formula is C20H32N4O2S. The molecule has 2 N–H and O–H groups in total. The van der Waals surface area contributed by atoms with E-state index in [1.807, 2.05) is 13.0 Å². The lowest BCUT2D eigenvalue weighted by Crippen LogP contribution is -2.53. The van der Waals surface area contributed by atoms with Gasteiger partial charge in [0.1, 0.15) is 0 Å². The summed E-state index contributed by atoms with van der Waals surface area (Å²) in [5.41, 5.74) is 0. The van der Waals surface area contributed by atoms with Crippen molar-refractivity contribution in [2.75, 3.05) is 33.2 Å². The van der Waals surface area contributed by atoms with Crippen LogP contribution in [0.4, 0.5) is 0 Å². The minimum Gasteiger partial charge on any atom is -0.345 e. The highest BCUT2D eigenvalue weighted by atomic mass is 32.1. The summed E-state index contributed by atoms with van der Waals surface area (Å²) in [5, 5.41) is 7.95. The summed E-state index contributed by atoms with van der Waals surface area (Å²) in [4.78, 5) is 30.8. The number of carbonyl (C=O) groups is 2. The van der Waals surface area contributed by atoms with Crippen LogP contribution in [0, 0.1) is 0 Å². The smallest absolute Gasteiger partial charge is 0.309 e. The van der Waals surface area contributed by atoms with Crippen LogP contribution in [-0.4, -0.2) is 66.9 Å². The molecule has 1 aromatic heterocycles. The molecule has 0 aromatic carbocycles. The van der Waals surface area contributed by atoms with Crippen LogP contribution >= 0.6 is 11.3 Å². The fraction of sp³-hybridized carbons (Fsp3) is 0.700. The molecule has 2 amide bonds. The summed E-state index contributed by atoms with van der Waals surface area (Å²) >= 11 is 1.71. The molecule has 6 nitrogen and oxygen atoms in total. The van der Waals surface area contributed by atoms with E-state index in [2.05, 4.69) is 38.9 Å². The molecule has 1 aliphatic heterocycles. The number of hydrogen-bond donors (Lipinski definition) is 2. The molecule has 2 unspecified atom stereocenters. The minimum atomic E-state index is -0.510. The number of nitrogens with one attached hydrogen (secondary N) is 2. The van der Waals surface area contributed by atoms with Gasteiger partial charge in [-0.15, -0.1) is 11.3 Å². The van der Waals surface area contributed by atoms with Gasteiger partial charge in [-0.05, 0) is 38.3 Å². The van der Waals surface area contributed by atoms with Crippen LogP contribution < -0.4 is 10.6 Å². The molecule has 1 saturated heterocycles. The molecule has 7 heteroatoms. The number of carbonyl (C=O) groups excluding carboxylic acids is 2. The number of piperazine rings is 1. The maximum absolute atomic E-state index is 12.5. The van der Waals surface area contributed by atoms with E-state index in [0.29, 0.717) is 0 Å².